The van der Waals surface area contributed by atoms with E-state index in [2.05, 4.69) is 29.5 Å². The van der Waals surface area contributed by atoms with Crippen LogP contribution in [0.2, 0.25) is 0 Å². The summed E-state index contributed by atoms with van der Waals surface area (Å²) in [4.78, 5) is 27.1. The molecule has 3 aromatic rings. The molecule has 0 aliphatic heterocycles. The zero-order valence-electron chi connectivity index (χ0n) is 15.7. The van der Waals surface area contributed by atoms with E-state index in [9.17, 15) is 14.9 Å². The first-order valence-corrected chi connectivity index (χ1v) is 9.94. The minimum atomic E-state index is -0.462. The van der Waals surface area contributed by atoms with Crippen molar-refractivity contribution in [1.29, 1.82) is 0 Å². The highest BCUT2D eigenvalue weighted by molar-refractivity contribution is 7.80. The Morgan fingerprint density at radius 3 is 2.66 bits per heavy atom. The van der Waals surface area contributed by atoms with Crippen LogP contribution in [0, 0.1) is 16.0 Å². The van der Waals surface area contributed by atoms with E-state index in [4.69, 9.17) is 17.0 Å². The van der Waals surface area contributed by atoms with Crippen molar-refractivity contribution in [3.63, 3.8) is 0 Å². The highest BCUT2D eigenvalue weighted by atomic mass is 32.1. The molecule has 0 saturated carbocycles. The molecule has 3 rings (SSSR count). The third kappa shape index (κ3) is 5.46. The van der Waals surface area contributed by atoms with E-state index in [1.807, 2.05) is 0 Å². The number of aromatic nitrogens is 1. The Morgan fingerprint density at radius 1 is 1.28 bits per heavy atom. The van der Waals surface area contributed by atoms with Gasteiger partial charge in [0.25, 0.3) is 11.6 Å². The van der Waals surface area contributed by atoms with E-state index in [-0.39, 0.29) is 16.7 Å². The third-order valence-corrected chi connectivity index (χ3v) is 4.87. The lowest BCUT2D eigenvalue weighted by Crippen LogP contribution is -2.34. The van der Waals surface area contributed by atoms with Gasteiger partial charge in [0.2, 0.25) is 0 Å². The fraction of sp³-hybridized carbons (Fsp3) is 0.211. The molecule has 10 heteroatoms. The first kappa shape index (κ1) is 20.6. The minimum absolute atomic E-state index is 0.00981. The van der Waals surface area contributed by atoms with Gasteiger partial charge in [0.05, 0.1) is 21.7 Å². The maximum Gasteiger partial charge on any atom is 0.270 e. The van der Waals surface area contributed by atoms with Crippen molar-refractivity contribution in [2.75, 3.05) is 11.9 Å². The summed E-state index contributed by atoms with van der Waals surface area (Å²) in [6, 6.07) is 11.2. The van der Waals surface area contributed by atoms with Crippen LogP contribution in [-0.4, -0.2) is 27.5 Å². The highest BCUT2D eigenvalue weighted by Gasteiger charge is 2.13. The van der Waals surface area contributed by atoms with Crippen molar-refractivity contribution in [3.8, 4) is 5.75 Å². The number of hydrogen-bond donors (Lipinski definition) is 2. The number of nitro benzene ring substituents is 1. The predicted octanol–water partition coefficient (Wildman–Crippen LogP) is 4.37. The molecule has 2 aromatic carbocycles. The quantitative estimate of drug-likeness (QED) is 0.340. The Morgan fingerprint density at radius 2 is 2.00 bits per heavy atom. The lowest BCUT2D eigenvalue weighted by atomic mass is 10.2. The Hall–Kier alpha value is -3.11. The van der Waals surface area contributed by atoms with Gasteiger partial charge in [-0.05, 0) is 48.5 Å². The predicted molar refractivity (Wildman–Crippen MR) is 117 cm³/mol. The molecule has 0 saturated heterocycles. The number of non-ortho nitro benzene ring substituents is 1. The first-order valence-electron chi connectivity index (χ1n) is 8.72. The average molecular weight is 431 g/mol. The number of nitro groups is 1. The van der Waals surface area contributed by atoms with E-state index in [1.165, 1.54) is 23.5 Å². The van der Waals surface area contributed by atoms with Crippen LogP contribution in [-0.2, 0) is 0 Å². The van der Waals surface area contributed by atoms with Gasteiger partial charge in [0, 0.05) is 17.7 Å². The molecule has 0 aliphatic carbocycles. The van der Waals surface area contributed by atoms with Crippen molar-refractivity contribution in [2.45, 2.75) is 13.8 Å². The van der Waals surface area contributed by atoms with Gasteiger partial charge >= 0.3 is 0 Å². The molecule has 0 atom stereocenters. The summed E-state index contributed by atoms with van der Waals surface area (Å²) in [6.45, 7) is 4.72. The monoisotopic (exact) mass is 430 g/mol. The van der Waals surface area contributed by atoms with Crippen molar-refractivity contribution in [3.05, 3.63) is 58.1 Å². The molecule has 0 radical (unpaired) electrons. The van der Waals surface area contributed by atoms with Crippen LogP contribution in [0.15, 0.2) is 42.5 Å². The number of carbonyl (C=O) groups is 1. The van der Waals surface area contributed by atoms with Gasteiger partial charge in [-0.3, -0.25) is 20.2 Å². The summed E-state index contributed by atoms with van der Waals surface area (Å²) in [5, 5.41) is 16.8. The van der Waals surface area contributed by atoms with Gasteiger partial charge in [-0.1, -0.05) is 25.2 Å². The lowest BCUT2D eigenvalue weighted by Gasteiger charge is -2.10. The summed E-state index contributed by atoms with van der Waals surface area (Å²) in [5.41, 5.74) is 1.03. The summed E-state index contributed by atoms with van der Waals surface area (Å²) in [6.07, 6.45) is 0. The SMILES string of the molecule is CC(C)COc1ccc(C(=O)NC(=S)Nc2nc3ccc([N+](=O)[O-])cc3s2)cc1. The minimum Gasteiger partial charge on any atom is -0.493 e. The Labute approximate surface area is 176 Å². The topological polar surface area (TPSA) is 106 Å². The molecule has 0 fully saturated rings. The zero-order valence-corrected chi connectivity index (χ0v) is 17.3. The maximum absolute atomic E-state index is 12.3. The molecule has 1 amide bonds. The van der Waals surface area contributed by atoms with Crippen molar-refractivity contribution in [1.82, 2.24) is 10.3 Å². The van der Waals surface area contributed by atoms with E-state index >= 15 is 0 Å². The number of ether oxygens (including phenoxy) is 1. The third-order valence-electron chi connectivity index (χ3n) is 3.73. The molecule has 1 aromatic heterocycles. The number of benzene rings is 2. The number of amides is 1. The molecule has 150 valence electrons. The fourth-order valence-corrected chi connectivity index (χ4v) is 3.51. The number of carbonyl (C=O) groups excluding carboxylic acids is 1. The molecular weight excluding hydrogens is 412 g/mol. The summed E-state index contributed by atoms with van der Waals surface area (Å²) < 4.78 is 6.24. The molecule has 0 bridgehead atoms. The number of rotatable bonds is 6. The van der Waals surface area contributed by atoms with Gasteiger partial charge in [-0.15, -0.1) is 0 Å². The molecule has 0 unspecified atom stereocenters. The average Bonchev–Trinajstić information content (AvgIpc) is 3.07. The van der Waals surface area contributed by atoms with Gasteiger partial charge in [0.1, 0.15) is 5.75 Å². The van der Waals surface area contributed by atoms with E-state index in [0.717, 1.165) is 0 Å². The first-order chi connectivity index (χ1) is 13.8. The fourth-order valence-electron chi connectivity index (χ4n) is 2.35. The normalized spacial score (nSPS) is 10.7. The molecule has 2 N–H and O–H groups in total. The van der Waals surface area contributed by atoms with Crippen LogP contribution >= 0.6 is 23.6 Å². The number of nitrogens with one attached hydrogen (secondary N) is 2. The summed E-state index contributed by atoms with van der Waals surface area (Å²) >= 11 is 6.38. The van der Waals surface area contributed by atoms with Crippen LogP contribution in [0.25, 0.3) is 10.2 Å². The smallest absolute Gasteiger partial charge is 0.270 e. The van der Waals surface area contributed by atoms with E-state index in [1.54, 1.807) is 30.3 Å². The maximum atomic E-state index is 12.3. The van der Waals surface area contributed by atoms with Crippen LogP contribution in [0.3, 0.4) is 0 Å². The zero-order chi connectivity index (χ0) is 21.0. The number of hydrogen-bond acceptors (Lipinski definition) is 7. The van der Waals surface area contributed by atoms with Crippen LogP contribution < -0.4 is 15.4 Å². The van der Waals surface area contributed by atoms with Crippen LogP contribution in [0.1, 0.15) is 24.2 Å². The lowest BCUT2D eigenvalue weighted by molar-refractivity contribution is -0.384. The van der Waals surface area contributed by atoms with Gasteiger partial charge in [0.15, 0.2) is 10.2 Å². The second-order valence-corrected chi connectivity index (χ2v) is 8.00. The number of anilines is 1. The standard InChI is InChI=1S/C19H18N4O4S2/c1-11(2)10-27-14-6-3-12(4-7-14)17(24)21-18(28)22-19-20-15-8-5-13(23(25)26)9-16(15)29-19/h3-9,11H,10H2,1-2H3,(H2,20,21,22,24,28). The van der Waals surface area contributed by atoms with Crippen LogP contribution in [0.5, 0.6) is 5.75 Å². The summed E-state index contributed by atoms with van der Waals surface area (Å²) in [5.74, 6) is 0.740. The molecule has 8 nitrogen and oxygen atoms in total. The highest BCUT2D eigenvalue weighted by Crippen LogP contribution is 2.29. The summed E-state index contributed by atoms with van der Waals surface area (Å²) in [7, 11) is 0. The Bertz CT molecular complexity index is 1060. The van der Waals surface area contributed by atoms with Crippen molar-refractivity contribution in [2.24, 2.45) is 5.92 Å². The molecule has 0 aliphatic rings. The Balaban J connectivity index is 1.60. The van der Waals surface area contributed by atoms with Crippen LogP contribution in [0.4, 0.5) is 10.8 Å². The number of nitrogens with zero attached hydrogens (tertiary/aromatic N) is 2. The van der Waals surface area contributed by atoms with Crippen molar-refractivity contribution < 1.29 is 14.5 Å². The molecular formula is C19H18N4O4S2. The number of thiocarbonyl (C=S) groups is 1. The Kier molecular flexibility index (Phi) is 6.35. The van der Waals surface area contributed by atoms with Gasteiger partial charge in [-0.25, -0.2) is 4.98 Å². The molecule has 1 heterocycles. The van der Waals surface area contributed by atoms with Gasteiger partial charge < -0.3 is 10.1 Å². The van der Waals surface area contributed by atoms with Crippen molar-refractivity contribution >= 4 is 55.6 Å². The van der Waals surface area contributed by atoms with E-state index < -0.39 is 4.92 Å². The van der Waals surface area contributed by atoms with Gasteiger partial charge in [-0.2, -0.15) is 0 Å². The molecule has 0 spiro atoms. The number of thiazole rings is 1. The number of fused-ring (bicyclic) bond motifs is 1. The largest absolute Gasteiger partial charge is 0.493 e. The molecule has 29 heavy (non-hydrogen) atoms. The second kappa shape index (κ2) is 8.93. The van der Waals surface area contributed by atoms with E-state index in [0.29, 0.717) is 39.2 Å². The second-order valence-electron chi connectivity index (χ2n) is 6.57.